The van der Waals surface area contributed by atoms with E-state index in [1.807, 2.05) is 0 Å². The van der Waals surface area contributed by atoms with E-state index in [1.54, 1.807) is 49.4 Å². The van der Waals surface area contributed by atoms with Gasteiger partial charge in [-0.2, -0.15) is 8.42 Å². The third kappa shape index (κ3) is 4.87. The van der Waals surface area contributed by atoms with Crippen LogP contribution in [0.4, 0.5) is 21.5 Å². The van der Waals surface area contributed by atoms with Crippen molar-refractivity contribution < 1.29 is 17.4 Å². The number of benzene rings is 3. The molecule has 0 aliphatic carbocycles. The van der Waals surface area contributed by atoms with Crippen LogP contribution >= 0.6 is 0 Å². The van der Waals surface area contributed by atoms with Gasteiger partial charge in [-0.1, -0.05) is 24.3 Å². The Bertz CT molecular complexity index is 1440. The van der Waals surface area contributed by atoms with Crippen molar-refractivity contribution in [1.82, 2.24) is 4.98 Å². The second-order valence-corrected chi connectivity index (χ2v) is 8.28. The molecule has 7 nitrogen and oxygen atoms in total. The van der Waals surface area contributed by atoms with E-state index in [1.165, 1.54) is 24.4 Å². The molecule has 0 bridgehead atoms. The van der Waals surface area contributed by atoms with E-state index in [-0.39, 0.29) is 51.6 Å². The zero-order valence-electron chi connectivity index (χ0n) is 16.3. The molecule has 0 aliphatic rings. The number of hydrogen-bond donors (Lipinski definition) is 2. The average Bonchev–Trinajstić information content (AvgIpc) is 2.73. The summed E-state index contributed by atoms with van der Waals surface area (Å²) in [5.41, 5.74) is 9.09. The third-order valence-electron chi connectivity index (χ3n) is 4.79. The molecule has 0 aliphatic heterocycles. The van der Waals surface area contributed by atoms with Gasteiger partial charge in [-0.25, -0.2) is 4.39 Å². The van der Waals surface area contributed by atoms with E-state index in [0.717, 1.165) is 11.1 Å². The molecule has 1 aromatic heterocycles. The van der Waals surface area contributed by atoms with Gasteiger partial charge in [0.15, 0.2) is 0 Å². The summed E-state index contributed by atoms with van der Waals surface area (Å²) in [6, 6.07) is 15.6. The fraction of sp³-hybridized carbons (Fsp3) is 0.0455. The van der Waals surface area contributed by atoms with Crippen molar-refractivity contribution in [3.05, 3.63) is 78.2 Å². The van der Waals surface area contributed by atoms with E-state index in [0.29, 0.717) is 22.2 Å². The average molecular weight is 460 g/mol. The first-order chi connectivity index (χ1) is 14.7. The molecule has 0 radical (unpaired) electrons. The fourth-order valence-corrected chi connectivity index (χ4v) is 3.99. The molecule has 3 aromatic carbocycles. The summed E-state index contributed by atoms with van der Waals surface area (Å²) in [7, 11) is -4.49. The summed E-state index contributed by atoms with van der Waals surface area (Å²) in [5, 5.41) is 8.88. The molecular formula is C22H18FN4NaO3S. The van der Waals surface area contributed by atoms with Gasteiger partial charge in [-0.3, -0.25) is 9.54 Å². The number of nitrogens with two attached hydrogens (primary N) is 1. The number of rotatable bonds is 4. The van der Waals surface area contributed by atoms with Crippen LogP contribution in [0.1, 0.15) is 5.56 Å². The number of pyridine rings is 1. The molecule has 0 fully saturated rings. The topological polar surface area (TPSA) is 118 Å². The maximum absolute atomic E-state index is 13.3. The Hall–Kier alpha value is -2.69. The number of nitrogens with zero attached hydrogens (tertiary/aromatic N) is 3. The minimum atomic E-state index is -4.49. The van der Waals surface area contributed by atoms with Crippen LogP contribution in [0.15, 0.2) is 82.0 Å². The maximum atomic E-state index is 13.3. The van der Waals surface area contributed by atoms with Crippen LogP contribution in [0.25, 0.3) is 22.0 Å². The molecule has 0 saturated heterocycles. The molecule has 0 atom stereocenters. The van der Waals surface area contributed by atoms with Gasteiger partial charge in [0.1, 0.15) is 22.1 Å². The summed E-state index contributed by atoms with van der Waals surface area (Å²) in [5.74, 6) is -0.316. The van der Waals surface area contributed by atoms with Gasteiger partial charge in [-0.15, -0.1) is 10.2 Å². The number of fused-ring (bicyclic) bond motifs is 1. The number of nitrogen functional groups attached to an aromatic ring is 1. The predicted molar refractivity (Wildman–Crippen MR) is 124 cm³/mol. The first-order valence-corrected chi connectivity index (χ1v) is 10.6. The molecular weight excluding hydrogens is 442 g/mol. The molecule has 0 spiro atoms. The number of anilines is 1. The van der Waals surface area contributed by atoms with Crippen molar-refractivity contribution >= 4 is 67.5 Å². The van der Waals surface area contributed by atoms with E-state index < -0.39 is 10.1 Å². The molecule has 3 N–H and O–H groups in total. The predicted octanol–water partition coefficient (Wildman–Crippen LogP) is 4.95. The standard InChI is InChI=1S/C22H17FN4O3S.Na.H/c1-13-10-14(23)6-8-16(13)19-9-7-15(12-25-19)26-27-20-11-21(31(28,29)30)17-4-2-3-5-18(17)22(20)24;;/h2-12H,24H2,1H3,(H,28,29,30);;. The molecule has 4 rings (SSSR count). The zero-order valence-corrected chi connectivity index (χ0v) is 17.1. The number of azo groups is 1. The summed E-state index contributed by atoms with van der Waals surface area (Å²) in [6.07, 6.45) is 1.49. The number of aryl methyl sites for hydroxylation is 1. The molecule has 0 saturated carbocycles. The van der Waals surface area contributed by atoms with Gasteiger partial charge < -0.3 is 5.73 Å². The number of hydrogen-bond acceptors (Lipinski definition) is 6. The van der Waals surface area contributed by atoms with Crippen LogP contribution < -0.4 is 5.73 Å². The Kier molecular flexibility index (Phi) is 7.06. The Morgan fingerprint density at radius 1 is 1.00 bits per heavy atom. The number of aromatic nitrogens is 1. The van der Waals surface area contributed by atoms with Gasteiger partial charge in [0.05, 0.1) is 17.6 Å². The minimum absolute atomic E-state index is 0. The second-order valence-electron chi connectivity index (χ2n) is 6.89. The monoisotopic (exact) mass is 460 g/mol. The van der Waals surface area contributed by atoms with Gasteiger partial charge in [0, 0.05) is 16.3 Å². The third-order valence-corrected chi connectivity index (χ3v) is 5.68. The molecule has 4 aromatic rings. The summed E-state index contributed by atoms with van der Waals surface area (Å²) in [6.45, 7) is 1.79. The first-order valence-electron chi connectivity index (χ1n) is 9.17. The Balaban J connectivity index is 0.00000289. The van der Waals surface area contributed by atoms with Gasteiger partial charge >= 0.3 is 29.6 Å². The molecule has 158 valence electrons. The van der Waals surface area contributed by atoms with Crippen molar-refractivity contribution in [2.45, 2.75) is 11.8 Å². The van der Waals surface area contributed by atoms with Gasteiger partial charge in [-0.05, 0) is 48.9 Å². The van der Waals surface area contributed by atoms with E-state index in [4.69, 9.17) is 5.73 Å². The normalized spacial score (nSPS) is 11.6. The van der Waals surface area contributed by atoms with Crippen LogP contribution in [-0.4, -0.2) is 47.5 Å². The Labute approximate surface area is 206 Å². The summed E-state index contributed by atoms with van der Waals surface area (Å²) >= 11 is 0. The van der Waals surface area contributed by atoms with Gasteiger partial charge in [0.2, 0.25) is 0 Å². The summed E-state index contributed by atoms with van der Waals surface area (Å²) in [4.78, 5) is 4.04. The van der Waals surface area contributed by atoms with Crippen LogP contribution in [0.3, 0.4) is 0 Å². The van der Waals surface area contributed by atoms with Crippen LogP contribution in [0, 0.1) is 12.7 Å². The Morgan fingerprint density at radius 2 is 1.72 bits per heavy atom. The quantitative estimate of drug-likeness (QED) is 0.193. The van der Waals surface area contributed by atoms with Crippen molar-refractivity contribution in [2.75, 3.05) is 5.73 Å². The summed E-state index contributed by atoms with van der Waals surface area (Å²) < 4.78 is 46.5. The van der Waals surface area contributed by atoms with Crippen molar-refractivity contribution in [1.29, 1.82) is 0 Å². The molecule has 0 unspecified atom stereocenters. The fourth-order valence-electron chi connectivity index (χ4n) is 3.28. The van der Waals surface area contributed by atoms with E-state index in [2.05, 4.69) is 15.2 Å². The molecule has 1 heterocycles. The van der Waals surface area contributed by atoms with Crippen molar-refractivity contribution in [2.24, 2.45) is 10.2 Å². The SMILES string of the molecule is Cc1cc(F)ccc1-c1ccc(N=Nc2cc(S(=O)(=O)O)c3ccccc3c2N)cn1.[NaH]. The molecule has 0 amide bonds. The molecule has 10 heteroatoms. The van der Waals surface area contributed by atoms with Gasteiger partial charge in [0.25, 0.3) is 10.1 Å². The van der Waals surface area contributed by atoms with Crippen LogP contribution in [0.2, 0.25) is 0 Å². The van der Waals surface area contributed by atoms with Crippen LogP contribution in [0.5, 0.6) is 0 Å². The van der Waals surface area contributed by atoms with Crippen molar-refractivity contribution in [3.63, 3.8) is 0 Å². The van der Waals surface area contributed by atoms with E-state index >= 15 is 0 Å². The van der Waals surface area contributed by atoms with Crippen LogP contribution in [-0.2, 0) is 10.1 Å². The molecule has 32 heavy (non-hydrogen) atoms. The zero-order chi connectivity index (χ0) is 22.2. The Morgan fingerprint density at radius 3 is 2.34 bits per heavy atom. The first kappa shape index (κ1) is 24.0. The van der Waals surface area contributed by atoms with Crippen molar-refractivity contribution in [3.8, 4) is 11.3 Å². The van der Waals surface area contributed by atoms with E-state index in [9.17, 15) is 17.4 Å². The second kappa shape index (κ2) is 9.43. The number of halogens is 1.